The Labute approximate surface area is 173 Å². The number of oxime groups is 1. The number of nitrogens with zero attached hydrogens (tertiary/aromatic N) is 3. The van der Waals surface area contributed by atoms with Crippen molar-refractivity contribution in [1.82, 2.24) is 15.1 Å². The summed E-state index contributed by atoms with van der Waals surface area (Å²) >= 11 is 0. The third-order valence-electron chi connectivity index (χ3n) is 5.15. The van der Waals surface area contributed by atoms with Crippen molar-refractivity contribution < 1.29 is 19.2 Å². The maximum atomic E-state index is 12.7. The lowest BCUT2D eigenvalue weighted by molar-refractivity contribution is -0.166. The van der Waals surface area contributed by atoms with Crippen LogP contribution in [0.3, 0.4) is 0 Å². The van der Waals surface area contributed by atoms with Crippen LogP contribution >= 0.6 is 0 Å². The molecule has 2 heterocycles. The van der Waals surface area contributed by atoms with Crippen molar-refractivity contribution in [2.45, 2.75) is 18.4 Å². The standard InChI is InChI=1S/C22H22N4O4/c1-26-18-11-7-6-10-17(18)19(24-26)20(27)23-14-16-13-22(30-25-16,21(28)29-2)12-15-8-4-3-5-9-15/h3-11H,12-14H2,1-2H3,(H,23,27). The Kier molecular flexibility index (Phi) is 5.22. The highest BCUT2D eigenvalue weighted by molar-refractivity contribution is 6.06. The molecule has 0 saturated heterocycles. The number of fused-ring (bicyclic) bond motifs is 1. The van der Waals surface area contributed by atoms with E-state index < -0.39 is 11.6 Å². The Morgan fingerprint density at radius 3 is 2.67 bits per heavy atom. The van der Waals surface area contributed by atoms with Crippen LogP contribution in [-0.4, -0.2) is 46.6 Å². The van der Waals surface area contributed by atoms with Crippen LogP contribution in [-0.2, 0) is 27.8 Å². The van der Waals surface area contributed by atoms with E-state index in [1.807, 2.05) is 54.6 Å². The van der Waals surface area contributed by atoms with E-state index >= 15 is 0 Å². The van der Waals surface area contributed by atoms with Gasteiger partial charge in [0.25, 0.3) is 5.91 Å². The highest BCUT2D eigenvalue weighted by Gasteiger charge is 2.47. The van der Waals surface area contributed by atoms with Crippen LogP contribution in [0.1, 0.15) is 22.5 Å². The Morgan fingerprint density at radius 1 is 1.17 bits per heavy atom. The third-order valence-corrected chi connectivity index (χ3v) is 5.15. The Balaban J connectivity index is 1.45. The van der Waals surface area contributed by atoms with Gasteiger partial charge in [-0.25, -0.2) is 4.79 Å². The van der Waals surface area contributed by atoms with E-state index in [1.165, 1.54) is 7.11 Å². The van der Waals surface area contributed by atoms with E-state index in [-0.39, 0.29) is 18.9 Å². The van der Waals surface area contributed by atoms with E-state index in [2.05, 4.69) is 15.6 Å². The van der Waals surface area contributed by atoms with Gasteiger partial charge in [0.15, 0.2) is 5.69 Å². The van der Waals surface area contributed by atoms with Crippen LogP contribution in [0.2, 0.25) is 0 Å². The van der Waals surface area contributed by atoms with Gasteiger partial charge in [-0.3, -0.25) is 9.48 Å². The molecule has 1 amide bonds. The quantitative estimate of drug-likeness (QED) is 0.634. The predicted octanol–water partition coefficient (Wildman–Crippen LogP) is 2.23. The second-order valence-corrected chi connectivity index (χ2v) is 7.25. The first-order chi connectivity index (χ1) is 14.5. The summed E-state index contributed by atoms with van der Waals surface area (Å²) in [4.78, 5) is 30.7. The lowest BCUT2D eigenvalue weighted by atomic mass is 9.89. The maximum absolute atomic E-state index is 12.7. The first-order valence-electron chi connectivity index (χ1n) is 9.58. The SMILES string of the molecule is COC(=O)C1(Cc2ccccc2)CC(CNC(=O)c2nn(C)c3ccccc23)=NO1. The zero-order valence-electron chi connectivity index (χ0n) is 16.8. The van der Waals surface area contributed by atoms with Crippen LogP contribution in [0.4, 0.5) is 0 Å². The minimum absolute atomic E-state index is 0.150. The number of ether oxygens (including phenoxy) is 1. The number of hydrogen-bond acceptors (Lipinski definition) is 6. The van der Waals surface area contributed by atoms with Crippen molar-refractivity contribution in [1.29, 1.82) is 0 Å². The molecule has 2 aromatic carbocycles. The number of aromatic nitrogens is 2. The summed E-state index contributed by atoms with van der Waals surface area (Å²) in [5.41, 5.74) is 1.48. The molecular formula is C22H22N4O4. The molecule has 1 atom stereocenters. The molecule has 1 N–H and O–H groups in total. The monoisotopic (exact) mass is 406 g/mol. The number of aryl methyl sites for hydroxylation is 1. The summed E-state index contributed by atoms with van der Waals surface area (Å²) in [5, 5.41) is 12.0. The number of benzene rings is 2. The van der Waals surface area contributed by atoms with Crippen molar-refractivity contribution in [3.05, 3.63) is 65.9 Å². The average molecular weight is 406 g/mol. The van der Waals surface area contributed by atoms with E-state index in [0.717, 1.165) is 16.5 Å². The van der Waals surface area contributed by atoms with Gasteiger partial charge in [0.1, 0.15) is 0 Å². The summed E-state index contributed by atoms with van der Waals surface area (Å²) in [6, 6.07) is 17.1. The van der Waals surface area contributed by atoms with Gasteiger partial charge in [-0.05, 0) is 11.6 Å². The maximum Gasteiger partial charge on any atom is 0.353 e. The van der Waals surface area contributed by atoms with Gasteiger partial charge < -0.3 is 14.9 Å². The van der Waals surface area contributed by atoms with Crippen LogP contribution in [0.5, 0.6) is 0 Å². The van der Waals surface area contributed by atoms with Gasteiger partial charge in [0, 0.05) is 25.3 Å². The number of amides is 1. The normalized spacial score (nSPS) is 18.0. The number of hydrogen-bond donors (Lipinski definition) is 1. The van der Waals surface area contributed by atoms with Crippen molar-refractivity contribution in [3.8, 4) is 0 Å². The molecule has 1 aliphatic rings. The lowest BCUT2D eigenvalue weighted by Crippen LogP contribution is -2.43. The first kappa shape index (κ1) is 19.6. The highest BCUT2D eigenvalue weighted by atomic mass is 16.7. The zero-order valence-corrected chi connectivity index (χ0v) is 16.8. The molecule has 0 radical (unpaired) electrons. The molecule has 4 rings (SSSR count). The predicted molar refractivity (Wildman–Crippen MR) is 111 cm³/mol. The van der Waals surface area contributed by atoms with Crippen molar-refractivity contribution in [2.75, 3.05) is 13.7 Å². The Morgan fingerprint density at radius 2 is 1.90 bits per heavy atom. The molecule has 0 aliphatic carbocycles. The number of carbonyl (C=O) groups excluding carboxylic acids is 2. The molecule has 0 saturated carbocycles. The molecule has 8 heteroatoms. The van der Waals surface area contributed by atoms with Gasteiger partial charge in [-0.15, -0.1) is 0 Å². The molecule has 154 valence electrons. The van der Waals surface area contributed by atoms with Crippen molar-refractivity contribution in [3.63, 3.8) is 0 Å². The topological polar surface area (TPSA) is 94.8 Å². The average Bonchev–Trinajstić information content (AvgIpc) is 3.34. The van der Waals surface area contributed by atoms with Gasteiger partial charge in [0.05, 0.1) is 24.9 Å². The van der Waals surface area contributed by atoms with E-state index in [9.17, 15) is 9.59 Å². The van der Waals surface area contributed by atoms with Gasteiger partial charge in [-0.1, -0.05) is 53.7 Å². The van der Waals surface area contributed by atoms with E-state index in [1.54, 1.807) is 11.7 Å². The molecule has 30 heavy (non-hydrogen) atoms. The number of methoxy groups -OCH3 is 1. The minimum Gasteiger partial charge on any atom is -0.466 e. The summed E-state index contributed by atoms with van der Waals surface area (Å²) in [5.74, 6) is -0.805. The molecule has 3 aromatic rings. The van der Waals surface area contributed by atoms with Crippen molar-refractivity contribution >= 4 is 28.5 Å². The summed E-state index contributed by atoms with van der Waals surface area (Å²) in [6.07, 6.45) is 0.560. The van der Waals surface area contributed by atoms with Gasteiger partial charge in [-0.2, -0.15) is 5.10 Å². The fourth-order valence-corrected chi connectivity index (χ4v) is 3.68. The third kappa shape index (κ3) is 3.63. The minimum atomic E-state index is -1.23. The summed E-state index contributed by atoms with van der Waals surface area (Å²) in [7, 11) is 3.12. The Hall–Kier alpha value is -3.68. The smallest absolute Gasteiger partial charge is 0.353 e. The summed E-state index contributed by atoms with van der Waals surface area (Å²) < 4.78 is 6.64. The molecule has 8 nitrogen and oxygen atoms in total. The van der Waals surface area contributed by atoms with Gasteiger partial charge in [0.2, 0.25) is 5.60 Å². The number of esters is 1. The lowest BCUT2D eigenvalue weighted by Gasteiger charge is -2.23. The largest absolute Gasteiger partial charge is 0.466 e. The fourth-order valence-electron chi connectivity index (χ4n) is 3.68. The van der Waals surface area contributed by atoms with Crippen molar-refractivity contribution in [2.24, 2.45) is 12.2 Å². The molecule has 0 fully saturated rings. The fraction of sp³-hybridized carbons (Fsp3) is 0.273. The molecular weight excluding hydrogens is 384 g/mol. The van der Waals surface area contributed by atoms with Crippen LogP contribution in [0.15, 0.2) is 59.8 Å². The molecule has 1 unspecified atom stereocenters. The zero-order chi connectivity index (χ0) is 21.1. The van der Waals surface area contributed by atoms with E-state index in [4.69, 9.17) is 9.57 Å². The summed E-state index contributed by atoms with van der Waals surface area (Å²) in [6.45, 7) is 0.150. The van der Waals surface area contributed by atoms with Crippen LogP contribution in [0, 0.1) is 0 Å². The molecule has 1 aliphatic heterocycles. The van der Waals surface area contributed by atoms with Gasteiger partial charge >= 0.3 is 5.97 Å². The first-order valence-corrected chi connectivity index (χ1v) is 9.58. The van der Waals surface area contributed by atoms with E-state index in [0.29, 0.717) is 17.8 Å². The second-order valence-electron chi connectivity index (χ2n) is 7.25. The number of carbonyl (C=O) groups is 2. The number of para-hydroxylation sites is 1. The van der Waals surface area contributed by atoms with Crippen LogP contribution < -0.4 is 5.32 Å². The van der Waals surface area contributed by atoms with Crippen LogP contribution in [0.25, 0.3) is 10.9 Å². The Bertz CT molecular complexity index is 1120. The molecule has 0 spiro atoms. The second kappa shape index (κ2) is 7.98. The number of nitrogens with one attached hydrogen (secondary N) is 1. The molecule has 0 bridgehead atoms. The molecule has 1 aromatic heterocycles. The highest BCUT2D eigenvalue weighted by Crippen LogP contribution is 2.30. The number of rotatable bonds is 6.